The summed E-state index contributed by atoms with van der Waals surface area (Å²) in [6.07, 6.45) is 8.84. The van der Waals surface area contributed by atoms with Gasteiger partial charge in [-0.15, -0.1) is 0 Å². The van der Waals surface area contributed by atoms with E-state index in [9.17, 15) is 4.79 Å². The molecule has 0 amide bonds. The average molecular weight is 443 g/mol. The highest BCUT2D eigenvalue weighted by molar-refractivity contribution is 5.72. The SMILES string of the molecule is C=C1CC(/C(NC)=C(\CN=[N+]=[N-])C(C)C)=CC=C(OC[C@H]2CCCC[C@@H]2C(=O)OC)C1C. The van der Waals surface area contributed by atoms with E-state index >= 15 is 0 Å². The Morgan fingerprint density at radius 2 is 2.06 bits per heavy atom. The third-order valence-electron chi connectivity index (χ3n) is 6.68. The second kappa shape index (κ2) is 12.4. The number of methoxy groups -OCH3 is 1. The summed E-state index contributed by atoms with van der Waals surface area (Å²) in [6.45, 7) is 11.5. The van der Waals surface area contributed by atoms with Crippen molar-refractivity contribution < 1.29 is 14.3 Å². The normalized spacial score (nSPS) is 24.4. The smallest absolute Gasteiger partial charge is 0.309 e. The van der Waals surface area contributed by atoms with Crippen LogP contribution in [0.4, 0.5) is 0 Å². The van der Waals surface area contributed by atoms with Gasteiger partial charge in [0.1, 0.15) is 5.76 Å². The highest BCUT2D eigenvalue weighted by Crippen LogP contribution is 2.35. The maximum absolute atomic E-state index is 12.2. The summed E-state index contributed by atoms with van der Waals surface area (Å²) in [5.41, 5.74) is 13.0. The second-order valence-corrected chi connectivity index (χ2v) is 9.00. The van der Waals surface area contributed by atoms with Crippen LogP contribution in [-0.2, 0) is 14.3 Å². The molecule has 2 rings (SSSR count). The largest absolute Gasteiger partial charge is 0.497 e. The molecule has 1 unspecified atom stereocenters. The number of esters is 1. The Bertz CT molecular complexity index is 834. The third-order valence-corrected chi connectivity index (χ3v) is 6.68. The van der Waals surface area contributed by atoms with Crippen LogP contribution >= 0.6 is 0 Å². The summed E-state index contributed by atoms with van der Waals surface area (Å²) in [6, 6.07) is 0. The summed E-state index contributed by atoms with van der Waals surface area (Å²) in [5.74, 6) is 1.14. The van der Waals surface area contributed by atoms with Gasteiger partial charge in [0, 0.05) is 36.0 Å². The third kappa shape index (κ3) is 6.42. The summed E-state index contributed by atoms with van der Waals surface area (Å²) in [5, 5.41) is 7.11. The minimum Gasteiger partial charge on any atom is -0.497 e. The molecular formula is C25H38N4O3. The molecule has 176 valence electrons. The van der Waals surface area contributed by atoms with Crippen LogP contribution in [0.25, 0.3) is 10.4 Å². The lowest BCUT2D eigenvalue weighted by atomic mass is 9.79. The Balaban J connectivity index is 2.27. The van der Waals surface area contributed by atoms with Crippen LogP contribution in [0.15, 0.2) is 52.0 Å². The van der Waals surface area contributed by atoms with Crippen molar-refractivity contribution in [1.29, 1.82) is 0 Å². The molecule has 0 aromatic carbocycles. The molecule has 1 saturated carbocycles. The van der Waals surface area contributed by atoms with Gasteiger partial charge in [0.2, 0.25) is 0 Å². The zero-order valence-corrected chi connectivity index (χ0v) is 20.2. The lowest BCUT2D eigenvalue weighted by molar-refractivity contribution is -0.149. The summed E-state index contributed by atoms with van der Waals surface area (Å²) >= 11 is 0. The molecule has 7 heteroatoms. The molecule has 0 aromatic heterocycles. The van der Waals surface area contributed by atoms with Gasteiger partial charge in [-0.2, -0.15) is 0 Å². The number of rotatable bonds is 9. The van der Waals surface area contributed by atoms with Gasteiger partial charge in [0.05, 0.1) is 19.6 Å². The first kappa shape index (κ1) is 25.6. The number of carbonyl (C=O) groups is 1. The Labute approximate surface area is 192 Å². The molecular weight excluding hydrogens is 404 g/mol. The quantitative estimate of drug-likeness (QED) is 0.160. The highest BCUT2D eigenvalue weighted by Gasteiger charge is 2.33. The van der Waals surface area contributed by atoms with Gasteiger partial charge in [0.25, 0.3) is 0 Å². The van der Waals surface area contributed by atoms with Gasteiger partial charge in [-0.1, -0.05) is 57.0 Å². The van der Waals surface area contributed by atoms with Crippen LogP contribution < -0.4 is 5.32 Å². The van der Waals surface area contributed by atoms with E-state index in [2.05, 4.69) is 48.8 Å². The summed E-state index contributed by atoms with van der Waals surface area (Å²) in [7, 11) is 3.35. The topological polar surface area (TPSA) is 96.3 Å². The molecule has 1 fully saturated rings. The molecule has 3 atom stereocenters. The Morgan fingerprint density at radius 3 is 2.69 bits per heavy atom. The number of hydrogen-bond acceptors (Lipinski definition) is 5. The fourth-order valence-corrected chi connectivity index (χ4v) is 4.59. The van der Waals surface area contributed by atoms with Gasteiger partial charge in [-0.05, 0) is 47.9 Å². The molecule has 0 heterocycles. The van der Waals surface area contributed by atoms with Crippen molar-refractivity contribution in [2.45, 2.75) is 52.9 Å². The number of likely N-dealkylation sites (N-methyl/N-ethyl adjacent to an activating group) is 1. The molecule has 2 aliphatic carbocycles. The first-order valence-electron chi connectivity index (χ1n) is 11.5. The van der Waals surface area contributed by atoms with E-state index in [1.54, 1.807) is 0 Å². The Hall–Kier alpha value is -2.66. The standard InChI is InChI=1S/C25H38N4O3/c1-16(2)22(14-28-29-26)24(27-5)19-11-12-23(18(4)17(3)13-19)32-15-20-9-7-8-10-21(20)25(30)31-6/h11-12,16,18,20-21,27H,3,7-10,13-15H2,1-2,4-6H3/b24-22-/t18?,20-,21+/m1/s1. The molecule has 7 nitrogen and oxygen atoms in total. The van der Waals surface area contributed by atoms with Crippen LogP contribution in [-0.4, -0.2) is 33.3 Å². The van der Waals surface area contributed by atoms with Crippen molar-refractivity contribution in [2.24, 2.45) is 28.8 Å². The maximum atomic E-state index is 12.2. The summed E-state index contributed by atoms with van der Waals surface area (Å²) in [4.78, 5) is 15.1. The molecule has 1 N–H and O–H groups in total. The zero-order chi connectivity index (χ0) is 23.7. The van der Waals surface area contributed by atoms with Crippen molar-refractivity contribution in [2.75, 3.05) is 27.3 Å². The van der Waals surface area contributed by atoms with E-state index in [1.807, 2.05) is 13.1 Å². The fourth-order valence-electron chi connectivity index (χ4n) is 4.59. The monoisotopic (exact) mass is 442 g/mol. The fraction of sp³-hybridized carbons (Fsp3) is 0.640. The van der Waals surface area contributed by atoms with Gasteiger partial charge in [0.15, 0.2) is 0 Å². The number of azide groups is 1. The minimum absolute atomic E-state index is 0.0710. The van der Waals surface area contributed by atoms with Crippen LogP contribution in [0, 0.1) is 23.7 Å². The Morgan fingerprint density at radius 1 is 1.34 bits per heavy atom. The zero-order valence-electron chi connectivity index (χ0n) is 20.2. The molecule has 0 bridgehead atoms. The number of allylic oxidation sites excluding steroid dienone is 4. The van der Waals surface area contributed by atoms with E-state index in [-0.39, 0.29) is 29.6 Å². The van der Waals surface area contributed by atoms with Crippen LogP contribution in [0.3, 0.4) is 0 Å². The van der Waals surface area contributed by atoms with E-state index in [4.69, 9.17) is 15.0 Å². The first-order chi connectivity index (χ1) is 15.3. The van der Waals surface area contributed by atoms with Gasteiger partial charge in [-0.3, -0.25) is 4.79 Å². The van der Waals surface area contributed by atoms with E-state index < -0.39 is 0 Å². The van der Waals surface area contributed by atoms with E-state index in [0.29, 0.717) is 19.6 Å². The average Bonchev–Trinajstić information content (AvgIpc) is 2.93. The van der Waals surface area contributed by atoms with Crippen LogP contribution in [0.1, 0.15) is 52.9 Å². The number of nitrogens with zero attached hydrogens (tertiary/aromatic N) is 3. The predicted octanol–water partition coefficient (Wildman–Crippen LogP) is 5.83. The van der Waals surface area contributed by atoms with Crippen molar-refractivity contribution in [3.05, 3.63) is 57.3 Å². The second-order valence-electron chi connectivity index (χ2n) is 9.00. The summed E-state index contributed by atoms with van der Waals surface area (Å²) < 4.78 is 11.3. The molecule has 0 saturated heterocycles. The van der Waals surface area contributed by atoms with Gasteiger partial charge >= 0.3 is 5.97 Å². The highest BCUT2D eigenvalue weighted by atomic mass is 16.5. The molecule has 32 heavy (non-hydrogen) atoms. The van der Waals surface area contributed by atoms with E-state index in [1.165, 1.54) is 7.11 Å². The van der Waals surface area contributed by atoms with Crippen LogP contribution in [0.5, 0.6) is 0 Å². The van der Waals surface area contributed by atoms with E-state index in [0.717, 1.165) is 53.9 Å². The minimum atomic E-state index is -0.127. The predicted molar refractivity (Wildman–Crippen MR) is 127 cm³/mol. The Kier molecular flexibility index (Phi) is 9.92. The maximum Gasteiger partial charge on any atom is 0.309 e. The number of nitrogens with one attached hydrogen (secondary N) is 1. The molecule has 0 aromatic rings. The number of ether oxygens (including phenoxy) is 2. The number of carbonyl (C=O) groups excluding carboxylic acids is 1. The van der Waals surface area contributed by atoms with Crippen molar-refractivity contribution in [3.63, 3.8) is 0 Å². The number of hydrogen-bond donors (Lipinski definition) is 1. The van der Waals surface area contributed by atoms with Crippen molar-refractivity contribution in [1.82, 2.24) is 5.32 Å². The molecule has 2 aliphatic rings. The lowest BCUT2D eigenvalue weighted by Crippen LogP contribution is -2.31. The lowest BCUT2D eigenvalue weighted by Gasteiger charge is -2.30. The molecule has 0 aliphatic heterocycles. The van der Waals surface area contributed by atoms with Crippen molar-refractivity contribution >= 4 is 5.97 Å². The molecule has 0 radical (unpaired) electrons. The first-order valence-corrected chi connectivity index (χ1v) is 11.5. The van der Waals surface area contributed by atoms with Crippen molar-refractivity contribution in [3.8, 4) is 0 Å². The molecule has 0 spiro atoms. The van der Waals surface area contributed by atoms with Gasteiger partial charge in [-0.25, -0.2) is 0 Å². The van der Waals surface area contributed by atoms with Gasteiger partial charge < -0.3 is 14.8 Å². The van der Waals surface area contributed by atoms with Crippen LogP contribution in [0.2, 0.25) is 0 Å².